The Labute approximate surface area is 203 Å². The molecule has 3 aromatic heterocycles. The number of pyridine rings is 2. The first-order valence-corrected chi connectivity index (χ1v) is 10.9. The predicted octanol–water partition coefficient (Wildman–Crippen LogP) is 4.22. The fourth-order valence-electron chi connectivity index (χ4n) is 3.68. The van der Waals surface area contributed by atoms with Gasteiger partial charge >= 0.3 is 0 Å². The van der Waals surface area contributed by atoms with Crippen molar-refractivity contribution in [3.63, 3.8) is 0 Å². The molecule has 1 amide bonds. The van der Waals surface area contributed by atoms with Crippen LogP contribution in [0.15, 0.2) is 82.4 Å². The third kappa shape index (κ3) is 4.67. The first kappa shape index (κ1) is 22.4. The molecule has 3 heterocycles. The third-order valence-corrected chi connectivity index (χ3v) is 5.76. The lowest BCUT2D eigenvalue weighted by Gasteiger charge is -2.13. The average molecular weight is 490 g/mol. The maximum Gasteiger partial charge on any atom is 0.259 e. The minimum atomic E-state index is -0.461. The molecule has 0 aliphatic carbocycles. The number of halogens is 2. The van der Waals surface area contributed by atoms with E-state index in [4.69, 9.17) is 16.1 Å². The summed E-state index contributed by atoms with van der Waals surface area (Å²) in [6.45, 7) is -0.118. The van der Waals surface area contributed by atoms with Crippen LogP contribution in [0.3, 0.4) is 0 Å². The summed E-state index contributed by atoms with van der Waals surface area (Å²) >= 11 is 6.02. The molecule has 2 aromatic carbocycles. The van der Waals surface area contributed by atoms with Gasteiger partial charge in [-0.2, -0.15) is 4.98 Å². The highest BCUT2D eigenvalue weighted by Gasteiger charge is 2.18. The predicted molar refractivity (Wildman–Crippen MR) is 128 cm³/mol. The fourth-order valence-corrected chi connectivity index (χ4v) is 3.92. The highest BCUT2D eigenvalue weighted by molar-refractivity contribution is 6.31. The van der Waals surface area contributed by atoms with Crippen molar-refractivity contribution < 1.29 is 13.7 Å². The van der Waals surface area contributed by atoms with Crippen molar-refractivity contribution in [3.05, 3.63) is 99.8 Å². The Morgan fingerprint density at radius 2 is 1.89 bits per heavy atom. The summed E-state index contributed by atoms with van der Waals surface area (Å²) < 4.78 is 20.1. The molecule has 5 rings (SSSR count). The maximum atomic E-state index is 13.2. The van der Waals surface area contributed by atoms with Crippen LogP contribution >= 0.6 is 11.6 Å². The number of rotatable bonds is 6. The highest BCUT2D eigenvalue weighted by Crippen LogP contribution is 2.28. The zero-order valence-electron chi connectivity index (χ0n) is 18.1. The van der Waals surface area contributed by atoms with E-state index in [-0.39, 0.29) is 24.0 Å². The van der Waals surface area contributed by atoms with Crippen LogP contribution in [0.4, 0.5) is 4.39 Å². The first-order valence-electron chi connectivity index (χ1n) is 10.6. The molecule has 10 heteroatoms. The molecule has 0 fully saturated rings. The summed E-state index contributed by atoms with van der Waals surface area (Å²) in [6.07, 6.45) is 3.24. The SMILES string of the molecule is O=C(Cn1c(=O)cc(-c2nc(-c3ccncc3)no2)c2ccccc21)NCc1ccc(F)cc1Cl. The van der Waals surface area contributed by atoms with Gasteiger partial charge in [-0.3, -0.25) is 19.1 Å². The van der Waals surface area contributed by atoms with Gasteiger partial charge in [-0.05, 0) is 35.9 Å². The van der Waals surface area contributed by atoms with Gasteiger partial charge in [0.2, 0.25) is 11.7 Å². The van der Waals surface area contributed by atoms with E-state index in [2.05, 4.69) is 20.4 Å². The molecule has 174 valence electrons. The van der Waals surface area contributed by atoms with Crippen LogP contribution in [-0.2, 0) is 17.9 Å². The Kier molecular flexibility index (Phi) is 6.07. The number of benzene rings is 2. The molecule has 0 saturated carbocycles. The van der Waals surface area contributed by atoms with Crippen LogP contribution in [0.2, 0.25) is 5.02 Å². The number of hydrogen-bond acceptors (Lipinski definition) is 6. The Bertz CT molecular complexity index is 1600. The van der Waals surface area contributed by atoms with Crippen LogP contribution in [0, 0.1) is 5.82 Å². The summed E-state index contributed by atoms with van der Waals surface area (Å²) in [4.78, 5) is 34.1. The molecule has 0 atom stereocenters. The van der Waals surface area contributed by atoms with Crippen molar-refractivity contribution in [1.29, 1.82) is 0 Å². The Morgan fingerprint density at radius 3 is 2.69 bits per heavy atom. The molecule has 5 aromatic rings. The number of nitrogens with one attached hydrogen (secondary N) is 1. The van der Waals surface area contributed by atoms with Crippen LogP contribution in [0.1, 0.15) is 5.56 Å². The van der Waals surface area contributed by atoms with E-state index in [9.17, 15) is 14.0 Å². The summed E-state index contributed by atoms with van der Waals surface area (Å²) in [7, 11) is 0. The topological polar surface area (TPSA) is 103 Å². The average Bonchev–Trinajstić information content (AvgIpc) is 3.36. The van der Waals surface area contributed by atoms with Gasteiger partial charge in [0.25, 0.3) is 11.4 Å². The normalized spacial score (nSPS) is 11.0. The number of aromatic nitrogens is 4. The smallest absolute Gasteiger partial charge is 0.259 e. The number of para-hydroxylation sites is 1. The molecule has 0 saturated heterocycles. The minimum Gasteiger partial charge on any atom is -0.350 e. The van der Waals surface area contributed by atoms with E-state index in [0.717, 1.165) is 5.56 Å². The lowest BCUT2D eigenvalue weighted by Crippen LogP contribution is -2.32. The van der Waals surface area contributed by atoms with Gasteiger partial charge in [0.05, 0.1) is 11.1 Å². The van der Waals surface area contributed by atoms with E-state index in [1.54, 1.807) is 36.7 Å². The maximum absolute atomic E-state index is 13.2. The van der Waals surface area contributed by atoms with Gasteiger partial charge in [0.15, 0.2) is 0 Å². The monoisotopic (exact) mass is 489 g/mol. The molecular weight excluding hydrogens is 473 g/mol. The van der Waals surface area contributed by atoms with Crippen LogP contribution in [0.25, 0.3) is 33.7 Å². The lowest BCUT2D eigenvalue weighted by atomic mass is 10.1. The van der Waals surface area contributed by atoms with Crippen LogP contribution < -0.4 is 10.9 Å². The number of carbonyl (C=O) groups is 1. The number of amides is 1. The number of hydrogen-bond donors (Lipinski definition) is 1. The minimum absolute atomic E-state index is 0.0997. The summed E-state index contributed by atoms with van der Waals surface area (Å²) in [5.74, 6) is -0.303. The van der Waals surface area contributed by atoms with E-state index < -0.39 is 17.3 Å². The van der Waals surface area contributed by atoms with Crippen molar-refractivity contribution in [2.24, 2.45) is 0 Å². The van der Waals surface area contributed by atoms with E-state index >= 15 is 0 Å². The molecule has 8 nitrogen and oxygen atoms in total. The van der Waals surface area contributed by atoms with Crippen molar-refractivity contribution in [3.8, 4) is 22.8 Å². The van der Waals surface area contributed by atoms with E-state index in [1.165, 1.54) is 28.8 Å². The molecule has 1 N–H and O–H groups in total. The molecule has 0 bridgehead atoms. The largest absolute Gasteiger partial charge is 0.350 e. The number of fused-ring (bicyclic) bond motifs is 1. The van der Waals surface area contributed by atoms with Gasteiger partial charge in [0.1, 0.15) is 12.4 Å². The Hall–Kier alpha value is -4.37. The van der Waals surface area contributed by atoms with Gasteiger partial charge in [0, 0.05) is 41.0 Å². The molecule has 0 aliphatic rings. The van der Waals surface area contributed by atoms with Crippen molar-refractivity contribution in [2.45, 2.75) is 13.1 Å². The van der Waals surface area contributed by atoms with Gasteiger partial charge < -0.3 is 9.84 Å². The van der Waals surface area contributed by atoms with Crippen molar-refractivity contribution in [2.75, 3.05) is 0 Å². The Morgan fingerprint density at radius 1 is 1.09 bits per heavy atom. The molecular formula is C25H17ClFN5O3. The molecule has 35 heavy (non-hydrogen) atoms. The molecule has 0 radical (unpaired) electrons. The first-order chi connectivity index (χ1) is 17.0. The van der Waals surface area contributed by atoms with Gasteiger partial charge in [-0.25, -0.2) is 4.39 Å². The van der Waals surface area contributed by atoms with Crippen LogP contribution in [0.5, 0.6) is 0 Å². The summed E-state index contributed by atoms with van der Waals surface area (Å²) in [6, 6.07) is 16.0. The molecule has 0 unspecified atom stereocenters. The van der Waals surface area contributed by atoms with Gasteiger partial charge in [-0.15, -0.1) is 0 Å². The highest BCUT2D eigenvalue weighted by atomic mass is 35.5. The summed E-state index contributed by atoms with van der Waals surface area (Å²) in [5.41, 5.74) is 1.89. The zero-order chi connectivity index (χ0) is 24.4. The second-order valence-electron chi connectivity index (χ2n) is 7.67. The second kappa shape index (κ2) is 9.47. The van der Waals surface area contributed by atoms with Gasteiger partial charge in [-0.1, -0.05) is 41.0 Å². The molecule has 0 spiro atoms. The van der Waals surface area contributed by atoms with E-state index in [1.807, 2.05) is 12.1 Å². The van der Waals surface area contributed by atoms with Crippen molar-refractivity contribution in [1.82, 2.24) is 25.0 Å². The zero-order valence-corrected chi connectivity index (χ0v) is 18.9. The third-order valence-electron chi connectivity index (χ3n) is 5.41. The standard InChI is InChI=1S/C25H17ClFN5O3/c26-20-11-17(27)6-5-16(20)13-29-22(33)14-32-21-4-2-1-3-18(21)19(12-23(32)34)25-30-24(31-35-25)15-7-9-28-10-8-15/h1-12H,13-14H2,(H,29,33). The second-order valence-corrected chi connectivity index (χ2v) is 8.08. The van der Waals surface area contributed by atoms with Crippen LogP contribution in [-0.4, -0.2) is 25.6 Å². The summed E-state index contributed by atoms with van der Waals surface area (Å²) in [5, 5.41) is 7.61. The quantitative estimate of drug-likeness (QED) is 0.383. The fraction of sp³-hybridized carbons (Fsp3) is 0.0800. The lowest BCUT2D eigenvalue weighted by molar-refractivity contribution is -0.121. The van der Waals surface area contributed by atoms with E-state index in [0.29, 0.717) is 27.9 Å². The Balaban J connectivity index is 1.44. The number of nitrogens with zero attached hydrogens (tertiary/aromatic N) is 4. The molecule has 0 aliphatic heterocycles. The van der Waals surface area contributed by atoms with Crippen molar-refractivity contribution >= 4 is 28.4 Å². The number of carbonyl (C=O) groups excluding carboxylic acids is 1.